The van der Waals surface area contributed by atoms with Crippen molar-refractivity contribution < 1.29 is 4.79 Å². The summed E-state index contributed by atoms with van der Waals surface area (Å²) in [6.45, 7) is 1.82. The normalized spacial score (nSPS) is 11.3. The summed E-state index contributed by atoms with van der Waals surface area (Å²) in [5, 5.41) is 6.87. The van der Waals surface area contributed by atoms with Crippen LogP contribution in [-0.4, -0.2) is 21.7 Å². The van der Waals surface area contributed by atoms with Crippen LogP contribution in [0.2, 0.25) is 5.02 Å². The summed E-state index contributed by atoms with van der Waals surface area (Å²) >= 11 is 7.46. The molecule has 1 N–H and O–H groups in total. The number of fused-ring (bicyclic) bond motifs is 1. The minimum atomic E-state index is -0.436. The quantitative estimate of drug-likeness (QED) is 0.375. The number of amides is 1. The zero-order chi connectivity index (χ0) is 21.1. The van der Waals surface area contributed by atoms with Crippen molar-refractivity contribution in [3.05, 3.63) is 86.7 Å². The number of rotatable bonds is 5. The Morgan fingerprint density at radius 3 is 2.77 bits per heavy atom. The molecule has 0 unspecified atom stereocenters. The molecule has 2 aromatic heterocycles. The van der Waals surface area contributed by atoms with Crippen molar-refractivity contribution in [3.63, 3.8) is 0 Å². The standard InChI is InChI=1S/C22H17ClN4O2S/c1-14-6-8-15(9-7-14)17-12-30-21-20(17)22(29)27(13-24-21)11-19(28)26-25-10-16-4-2-3-5-18(16)23/h2-10,12-13H,11H2,1H3,(H,26,28)/b25-10-. The third-order valence-electron chi connectivity index (χ3n) is 4.54. The van der Waals surface area contributed by atoms with E-state index in [0.717, 1.165) is 16.7 Å². The second-order valence-corrected chi connectivity index (χ2v) is 7.95. The SMILES string of the molecule is Cc1ccc(-c2csc3ncn(CC(=O)N/N=C\c4ccccc4Cl)c(=O)c23)cc1. The highest BCUT2D eigenvalue weighted by molar-refractivity contribution is 7.17. The topological polar surface area (TPSA) is 76.3 Å². The number of halogens is 1. The molecule has 1 amide bonds. The molecule has 2 aromatic carbocycles. The van der Waals surface area contributed by atoms with Crippen LogP contribution >= 0.6 is 22.9 Å². The molecule has 4 aromatic rings. The first-order valence-corrected chi connectivity index (χ1v) is 10.4. The summed E-state index contributed by atoms with van der Waals surface area (Å²) in [6, 6.07) is 15.1. The van der Waals surface area contributed by atoms with Crippen LogP contribution < -0.4 is 11.0 Å². The van der Waals surface area contributed by atoms with E-state index in [1.165, 1.54) is 28.4 Å². The summed E-state index contributed by atoms with van der Waals surface area (Å²) in [5.74, 6) is -0.436. The molecule has 0 aliphatic rings. The number of carbonyl (C=O) groups excluding carboxylic acids is 1. The fourth-order valence-electron chi connectivity index (χ4n) is 2.97. The Bertz CT molecular complexity index is 1310. The van der Waals surface area contributed by atoms with E-state index in [0.29, 0.717) is 20.8 Å². The van der Waals surface area contributed by atoms with Crippen molar-refractivity contribution in [1.82, 2.24) is 15.0 Å². The van der Waals surface area contributed by atoms with E-state index in [9.17, 15) is 9.59 Å². The molecule has 0 radical (unpaired) electrons. The van der Waals surface area contributed by atoms with E-state index in [1.54, 1.807) is 12.1 Å². The van der Waals surface area contributed by atoms with Gasteiger partial charge < -0.3 is 0 Å². The highest BCUT2D eigenvalue weighted by Crippen LogP contribution is 2.30. The summed E-state index contributed by atoms with van der Waals surface area (Å²) in [4.78, 5) is 30.3. The molecule has 6 nitrogen and oxygen atoms in total. The molecule has 0 saturated heterocycles. The van der Waals surface area contributed by atoms with Gasteiger partial charge in [-0.1, -0.05) is 59.6 Å². The van der Waals surface area contributed by atoms with Crippen LogP contribution in [0.25, 0.3) is 21.3 Å². The monoisotopic (exact) mass is 436 g/mol. The summed E-state index contributed by atoms with van der Waals surface area (Å²) in [7, 11) is 0. The zero-order valence-electron chi connectivity index (χ0n) is 16.0. The Kier molecular flexibility index (Phi) is 5.74. The van der Waals surface area contributed by atoms with Crippen molar-refractivity contribution in [2.45, 2.75) is 13.5 Å². The molecule has 30 heavy (non-hydrogen) atoms. The van der Waals surface area contributed by atoms with Gasteiger partial charge in [-0.25, -0.2) is 10.4 Å². The number of aryl methyl sites for hydroxylation is 1. The predicted molar refractivity (Wildman–Crippen MR) is 121 cm³/mol. The van der Waals surface area contributed by atoms with Crippen LogP contribution in [0.1, 0.15) is 11.1 Å². The zero-order valence-corrected chi connectivity index (χ0v) is 17.6. The maximum Gasteiger partial charge on any atom is 0.263 e. The van der Waals surface area contributed by atoms with Gasteiger partial charge in [-0.05, 0) is 18.6 Å². The molecular formula is C22H17ClN4O2S. The van der Waals surface area contributed by atoms with E-state index >= 15 is 0 Å². The Labute approximate surface area is 181 Å². The van der Waals surface area contributed by atoms with Crippen LogP contribution in [0.15, 0.2) is 70.1 Å². The number of hydrazone groups is 1. The van der Waals surface area contributed by atoms with Crippen molar-refractivity contribution >= 4 is 45.3 Å². The number of aromatic nitrogens is 2. The molecule has 0 fully saturated rings. The third-order valence-corrected chi connectivity index (χ3v) is 5.77. The van der Waals surface area contributed by atoms with Gasteiger partial charge in [0.1, 0.15) is 11.4 Å². The predicted octanol–water partition coefficient (Wildman–Crippen LogP) is 4.24. The maximum atomic E-state index is 13.0. The number of thiophene rings is 1. The van der Waals surface area contributed by atoms with Crippen LogP contribution in [-0.2, 0) is 11.3 Å². The molecule has 0 saturated carbocycles. The lowest BCUT2D eigenvalue weighted by molar-refractivity contribution is -0.121. The Hall–Kier alpha value is -3.29. The van der Waals surface area contributed by atoms with Gasteiger partial charge in [0.25, 0.3) is 11.5 Å². The smallest absolute Gasteiger partial charge is 0.263 e. The first kappa shape index (κ1) is 20.0. The lowest BCUT2D eigenvalue weighted by Crippen LogP contribution is -2.30. The van der Waals surface area contributed by atoms with Crippen LogP contribution in [0.4, 0.5) is 0 Å². The van der Waals surface area contributed by atoms with E-state index in [-0.39, 0.29) is 12.1 Å². The van der Waals surface area contributed by atoms with E-state index in [4.69, 9.17) is 11.6 Å². The molecule has 0 atom stereocenters. The minimum absolute atomic E-state index is 0.190. The number of hydrogen-bond acceptors (Lipinski definition) is 5. The van der Waals surface area contributed by atoms with Gasteiger partial charge >= 0.3 is 0 Å². The number of benzene rings is 2. The van der Waals surface area contributed by atoms with Gasteiger partial charge in [0.15, 0.2) is 0 Å². The van der Waals surface area contributed by atoms with Crippen LogP contribution in [0.5, 0.6) is 0 Å². The summed E-state index contributed by atoms with van der Waals surface area (Å²) in [6.07, 6.45) is 2.84. The Balaban J connectivity index is 1.56. The molecule has 0 spiro atoms. The molecule has 2 heterocycles. The maximum absolute atomic E-state index is 13.0. The van der Waals surface area contributed by atoms with Crippen molar-refractivity contribution in [2.75, 3.05) is 0 Å². The Morgan fingerprint density at radius 1 is 1.23 bits per heavy atom. The second kappa shape index (κ2) is 8.61. The molecule has 0 aliphatic carbocycles. The van der Waals surface area contributed by atoms with Gasteiger partial charge in [0.2, 0.25) is 0 Å². The van der Waals surface area contributed by atoms with Gasteiger partial charge in [0.05, 0.1) is 17.9 Å². The summed E-state index contributed by atoms with van der Waals surface area (Å²) in [5.41, 5.74) is 5.74. The molecule has 0 bridgehead atoms. The van der Waals surface area contributed by atoms with Gasteiger partial charge in [0, 0.05) is 21.5 Å². The van der Waals surface area contributed by atoms with Crippen molar-refractivity contribution in [1.29, 1.82) is 0 Å². The molecule has 150 valence electrons. The lowest BCUT2D eigenvalue weighted by atomic mass is 10.1. The Morgan fingerprint density at radius 2 is 2.00 bits per heavy atom. The average molecular weight is 437 g/mol. The highest BCUT2D eigenvalue weighted by Gasteiger charge is 2.14. The molecular weight excluding hydrogens is 420 g/mol. The fraction of sp³-hybridized carbons (Fsp3) is 0.0909. The lowest BCUT2D eigenvalue weighted by Gasteiger charge is -2.06. The number of nitrogens with zero attached hydrogens (tertiary/aromatic N) is 3. The van der Waals surface area contributed by atoms with Gasteiger partial charge in [-0.3, -0.25) is 14.2 Å². The number of carbonyl (C=O) groups is 1. The van der Waals surface area contributed by atoms with Gasteiger partial charge in [-0.2, -0.15) is 5.10 Å². The minimum Gasteiger partial charge on any atom is -0.289 e. The number of hydrogen-bond donors (Lipinski definition) is 1. The van der Waals surface area contributed by atoms with Crippen molar-refractivity contribution in [2.24, 2.45) is 5.10 Å². The van der Waals surface area contributed by atoms with Crippen LogP contribution in [0, 0.1) is 6.92 Å². The first-order valence-electron chi connectivity index (χ1n) is 9.13. The van der Waals surface area contributed by atoms with E-state index < -0.39 is 5.91 Å². The third kappa shape index (κ3) is 4.17. The van der Waals surface area contributed by atoms with E-state index in [2.05, 4.69) is 15.5 Å². The molecule has 0 aliphatic heterocycles. The number of nitrogens with one attached hydrogen (secondary N) is 1. The largest absolute Gasteiger partial charge is 0.289 e. The second-order valence-electron chi connectivity index (χ2n) is 6.69. The van der Waals surface area contributed by atoms with Crippen LogP contribution in [0.3, 0.4) is 0 Å². The van der Waals surface area contributed by atoms with E-state index in [1.807, 2.05) is 48.7 Å². The molecule has 4 rings (SSSR count). The van der Waals surface area contributed by atoms with Crippen molar-refractivity contribution in [3.8, 4) is 11.1 Å². The fourth-order valence-corrected chi connectivity index (χ4v) is 4.06. The summed E-state index contributed by atoms with van der Waals surface area (Å²) < 4.78 is 1.28. The average Bonchev–Trinajstić information content (AvgIpc) is 3.17. The first-order chi connectivity index (χ1) is 14.5. The molecule has 8 heteroatoms. The highest BCUT2D eigenvalue weighted by atomic mass is 35.5. The van der Waals surface area contributed by atoms with Gasteiger partial charge in [-0.15, -0.1) is 11.3 Å².